The topological polar surface area (TPSA) is 41.5 Å². The number of carbonyl (C=O) groups is 1. The summed E-state index contributed by atoms with van der Waals surface area (Å²) < 4.78 is 37.5. The highest BCUT2D eigenvalue weighted by molar-refractivity contribution is 6.17. The van der Waals surface area contributed by atoms with Crippen LogP contribution in [0.1, 0.15) is 12.0 Å². The van der Waals surface area contributed by atoms with Crippen molar-refractivity contribution in [3.8, 4) is 0 Å². The quantitative estimate of drug-likeness (QED) is 0.880. The van der Waals surface area contributed by atoms with E-state index in [0.29, 0.717) is 18.5 Å². The maximum atomic E-state index is 12.5. The highest BCUT2D eigenvalue weighted by Gasteiger charge is 2.30. The minimum atomic E-state index is -4.42. The van der Waals surface area contributed by atoms with Crippen molar-refractivity contribution in [3.05, 3.63) is 41.5 Å². The van der Waals surface area contributed by atoms with Crippen LogP contribution < -0.4 is 5.32 Å². The lowest BCUT2D eigenvalue weighted by molar-refractivity contribution is -0.137. The van der Waals surface area contributed by atoms with Gasteiger partial charge in [0.25, 0.3) is 5.91 Å². The zero-order valence-electron chi connectivity index (χ0n) is 9.87. The van der Waals surface area contributed by atoms with E-state index in [4.69, 9.17) is 0 Å². The Labute approximate surface area is 107 Å². The monoisotopic (exact) mass is 268 g/mol. The van der Waals surface area contributed by atoms with Crippen LogP contribution in [0.3, 0.4) is 0 Å². The van der Waals surface area contributed by atoms with E-state index in [9.17, 15) is 18.0 Å². The molecule has 1 aromatic rings. The fourth-order valence-corrected chi connectivity index (χ4v) is 1.64. The summed E-state index contributed by atoms with van der Waals surface area (Å²) in [6.45, 7) is 0.625. The van der Waals surface area contributed by atoms with Crippen molar-refractivity contribution in [3.63, 3.8) is 0 Å². The molecule has 19 heavy (non-hydrogen) atoms. The average Bonchev–Trinajstić information content (AvgIpc) is 2.39. The zero-order valence-corrected chi connectivity index (χ0v) is 9.87. The van der Waals surface area contributed by atoms with E-state index in [1.165, 1.54) is 18.3 Å². The van der Waals surface area contributed by atoms with Gasteiger partial charge in [0.15, 0.2) is 0 Å². The molecular weight excluding hydrogens is 257 g/mol. The smallest absolute Gasteiger partial charge is 0.322 e. The van der Waals surface area contributed by atoms with Gasteiger partial charge >= 0.3 is 6.18 Å². The van der Waals surface area contributed by atoms with Crippen LogP contribution >= 0.6 is 0 Å². The van der Waals surface area contributed by atoms with Gasteiger partial charge in [0.1, 0.15) is 0 Å². The minimum absolute atomic E-state index is 0.111. The molecule has 2 rings (SSSR count). The number of hydrogen-bond donors (Lipinski definition) is 1. The molecule has 0 radical (unpaired) electrons. The molecule has 3 nitrogen and oxygen atoms in total. The molecule has 1 N–H and O–H groups in total. The molecule has 0 aliphatic carbocycles. The molecule has 0 fully saturated rings. The Morgan fingerprint density at radius 2 is 2.11 bits per heavy atom. The average molecular weight is 268 g/mol. The maximum absolute atomic E-state index is 12.5. The second kappa shape index (κ2) is 5.26. The minimum Gasteiger partial charge on any atom is -0.322 e. The standard InChI is InChI=1S/C13H11F3N2O/c14-13(15,16)10-4-1-5-11(7-10)18-12(19)9-3-2-6-17-8-9/h1,3-5,7-8H,2,6H2,(H,18,19). The first-order chi connectivity index (χ1) is 8.97. The summed E-state index contributed by atoms with van der Waals surface area (Å²) in [7, 11) is 0. The number of carbonyl (C=O) groups excluding carboxylic acids is 1. The molecule has 0 saturated heterocycles. The molecule has 0 spiro atoms. The van der Waals surface area contributed by atoms with E-state index < -0.39 is 17.6 Å². The second-order valence-electron chi connectivity index (χ2n) is 4.02. The number of amides is 1. The van der Waals surface area contributed by atoms with Gasteiger partial charge in [-0.25, -0.2) is 0 Å². The van der Waals surface area contributed by atoms with Crippen molar-refractivity contribution in [1.82, 2.24) is 0 Å². The van der Waals surface area contributed by atoms with E-state index in [1.54, 1.807) is 6.08 Å². The molecule has 0 unspecified atom stereocenters. The van der Waals surface area contributed by atoms with Crippen LogP contribution in [0.25, 0.3) is 0 Å². The van der Waals surface area contributed by atoms with Crippen LogP contribution in [0.2, 0.25) is 0 Å². The summed E-state index contributed by atoms with van der Waals surface area (Å²) in [6.07, 6.45) is -0.642. The van der Waals surface area contributed by atoms with Crippen LogP contribution in [0.5, 0.6) is 0 Å². The Bertz CT molecular complexity index is 547. The van der Waals surface area contributed by atoms with Crippen LogP contribution in [-0.2, 0) is 11.0 Å². The molecular formula is C13H11F3N2O. The molecule has 6 heteroatoms. The third kappa shape index (κ3) is 3.43. The predicted octanol–water partition coefficient (Wildman–Crippen LogP) is 3.04. The van der Waals surface area contributed by atoms with E-state index in [0.717, 1.165) is 12.1 Å². The highest BCUT2D eigenvalue weighted by Crippen LogP contribution is 2.30. The molecule has 0 aromatic heterocycles. The van der Waals surface area contributed by atoms with E-state index >= 15 is 0 Å². The van der Waals surface area contributed by atoms with Gasteiger partial charge in [-0.1, -0.05) is 12.1 Å². The molecule has 0 atom stereocenters. The summed E-state index contributed by atoms with van der Waals surface area (Å²) in [6, 6.07) is 4.52. The van der Waals surface area contributed by atoms with Gasteiger partial charge in [0.05, 0.1) is 11.1 Å². The number of dihydropyridines is 1. The normalized spacial score (nSPS) is 15.0. The van der Waals surface area contributed by atoms with Gasteiger partial charge in [-0.15, -0.1) is 0 Å². The van der Waals surface area contributed by atoms with Crippen molar-refractivity contribution in [2.45, 2.75) is 12.6 Å². The number of rotatable bonds is 2. The van der Waals surface area contributed by atoms with Crippen LogP contribution in [-0.4, -0.2) is 18.7 Å². The van der Waals surface area contributed by atoms with Gasteiger partial charge in [-0.05, 0) is 24.6 Å². The van der Waals surface area contributed by atoms with Crippen molar-refractivity contribution >= 4 is 17.8 Å². The molecule has 0 bridgehead atoms. The number of alkyl halides is 3. The Morgan fingerprint density at radius 3 is 2.74 bits per heavy atom. The van der Waals surface area contributed by atoms with Crippen LogP contribution in [0.4, 0.5) is 18.9 Å². The fraction of sp³-hybridized carbons (Fsp3) is 0.231. The van der Waals surface area contributed by atoms with Gasteiger partial charge < -0.3 is 5.32 Å². The summed E-state index contributed by atoms with van der Waals surface area (Å²) in [4.78, 5) is 15.7. The number of hydrogen-bond acceptors (Lipinski definition) is 2. The van der Waals surface area contributed by atoms with Crippen molar-refractivity contribution in [1.29, 1.82) is 0 Å². The number of nitrogens with one attached hydrogen (secondary N) is 1. The molecule has 1 amide bonds. The number of aliphatic imine (C=N–C) groups is 1. The molecule has 1 aliphatic heterocycles. The number of nitrogens with zero attached hydrogens (tertiary/aromatic N) is 1. The lowest BCUT2D eigenvalue weighted by atomic mass is 10.1. The van der Waals surface area contributed by atoms with Gasteiger partial charge in [0, 0.05) is 18.4 Å². The van der Waals surface area contributed by atoms with Crippen LogP contribution in [0.15, 0.2) is 40.9 Å². The van der Waals surface area contributed by atoms with E-state index in [-0.39, 0.29) is 5.69 Å². The molecule has 0 saturated carbocycles. The summed E-state index contributed by atoms with van der Waals surface area (Å²) in [5.41, 5.74) is -0.319. The van der Waals surface area contributed by atoms with Gasteiger partial charge in [0.2, 0.25) is 0 Å². The summed E-state index contributed by atoms with van der Waals surface area (Å²) in [5.74, 6) is -0.456. The first-order valence-electron chi connectivity index (χ1n) is 5.65. The molecule has 1 heterocycles. The number of anilines is 1. The maximum Gasteiger partial charge on any atom is 0.416 e. The lowest BCUT2D eigenvalue weighted by Crippen LogP contribution is -2.17. The number of benzene rings is 1. The predicted molar refractivity (Wildman–Crippen MR) is 66.1 cm³/mol. The molecule has 1 aromatic carbocycles. The zero-order chi connectivity index (χ0) is 13.9. The second-order valence-corrected chi connectivity index (χ2v) is 4.02. The van der Waals surface area contributed by atoms with E-state index in [2.05, 4.69) is 10.3 Å². The van der Waals surface area contributed by atoms with E-state index in [1.807, 2.05) is 0 Å². The SMILES string of the molecule is O=C(Nc1cccc(C(F)(F)F)c1)C1=CCCN=C1. The lowest BCUT2D eigenvalue weighted by Gasteiger charge is -2.11. The number of halogens is 3. The largest absolute Gasteiger partial charge is 0.416 e. The third-order valence-corrected chi connectivity index (χ3v) is 2.56. The first-order valence-corrected chi connectivity index (χ1v) is 5.65. The molecule has 100 valence electrons. The molecule has 1 aliphatic rings. The van der Waals surface area contributed by atoms with Gasteiger partial charge in [-0.2, -0.15) is 13.2 Å². The Hall–Kier alpha value is -2.11. The Morgan fingerprint density at radius 1 is 1.32 bits per heavy atom. The Balaban J connectivity index is 2.13. The van der Waals surface area contributed by atoms with Crippen LogP contribution in [0, 0.1) is 0 Å². The first kappa shape index (κ1) is 13.3. The summed E-state index contributed by atoms with van der Waals surface area (Å²) >= 11 is 0. The third-order valence-electron chi connectivity index (χ3n) is 2.56. The Kier molecular flexibility index (Phi) is 3.69. The van der Waals surface area contributed by atoms with Crippen molar-refractivity contribution < 1.29 is 18.0 Å². The summed E-state index contributed by atoms with van der Waals surface area (Å²) in [5, 5.41) is 2.43. The van der Waals surface area contributed by atoms with Crippen molar-refractivity contribution in [2.75, 3.05) is 11.9 Å². The fourth-order valence-electron chi connectivity index (χ4n) is 1.64. The van der Waals surface area contributed by atoms with Gasteiger partial charge in [-0.3, -0.25) is 9.79 Å². The highest BCUT2D eigenvalue weighted by atomic mass is 19.4. The van der Waals surface area contributed by atoms with Crippen molar-refractivity contribution in [2.24, 2.45) is 4.99 Å².